The largest absolute Gasteiger partial charge is 0.550 e. The molecule has 0 aromatic carbocycles. The van der Waals surface area contributed by atoms with Crippen molar-refractivity contribution in [1.29, 1.82) is 0 Å². The summed E-state index contributed by atoms with van der Waals surface area (Å²) in [5, 5.41) is 14.5. The molecule has 4 heteroatoms. The molecule has 4 rings (SSSR count). The molecule has 0 spiro atoms. The molecule has 0 aliphatic heterocycles. The van der Waals surface area contributed by atoms with Crippen molar-refractivity contribution in [1.82, 2.24) is 5.32 Å². The zero-order valence-electron chi connectivity index (χ0n) is 10.1. The van der Waals surface area contributed by atoms with Crippen molar-refractivity contribution in [3.05, 3.63) is 0 Å². The lowest BCUT2D eigenvalue weighted by atomic mass is 9.47. The standard InChI is InChI=1S/C13H19NO3/c1-8(15)14-13-5-9-2-10(6-13)4-12(3-9,7-13)11(16)17/h9-10H,2-7H2,1H3,(H,14,15)(H,16,17)/p-1/t9-,10+,12?,13?. The van der Waals surface area contributed by atoms with Crippen molar-refractivity contribution < 1.29 is 14.7 Å². The minimum absolute atomic E-state index is 0.0413. The monoisotopic (exact) mass is 236 g/mol. The highest BCUT2D eigenvalue weighted by Gasteiger charge is 2.58. The van der Waals surface area contributed by atoms with Crippen LogP contribution in [0, 0.1) is 17.3 Å². The fraction of sp³-hybridized carbons (Fsp3) is 0.846. The van der Waals surface area contributed by atoms with E-state index in [4.69, 9.17) is 0 Å². The number of amides is 1. The Bertz CT molecular complexity index is 376. The average molecular weight is 236 g/mol. The van der Waals surface area contributed by atoms with Crippen molar-refractivity contribution in [3.8, 4) is 0 Å². The molecule has 0 aromatic heterocycles. The molecular formula is C13H18NO3-. The van der Waals surface area contributed by atoms with Crippen LogP contribution in [0.5, 0.6) is 0 Å². The smallest absolute Gasteiger partial charge is 0.217 e. The van der Waals surface area contributed by atoms with Gasteiger partial charge in [0.05, 0.1) is 0 Å². The topological polar surface area (TPSA) is 69.2 Å². The molecule has 4 aliphatic rings. The molecule has 0 aromatic rings. The maximum absolute atomic E-state index is 11.5. The summed E-state index contributed by atoms with van der Waals surface area (Å²) in [4.78, 5) is 22.8. The van der Waals surface area contributed by atoms with E-state index in [0.717, 1.165) is 32.1 Å². The third-order valence-electron chi connectivity index (χ3n) is 4.94. The third kappa shape index (κ3) is 1.57. The van der Waals surface area contributed by atoms with E-state index >= 15 is 0 Å². The fourth-order valence-electron chi connectivity index (χ4n) is 5.02. The summed E-state index contributed by atoms with van der Waals surface area (Å²) in [6.07, 6.45) is 5.14. The second-order valence-corrected chi connectivity index (χ2v) is 6.49. The van der Waals surface area contributed by atoms with Crippen molar-refractivity contribution >= 4 is 11.9 Å². The summed E-state index contributed by atoms with van der Waals surface area (Å²) in [7, 11) is 0. The number of rotatable bonds is 2. The zero-order chi connectivity index (χ0) is 12.3. The van der Waals surface area contributed by atoms with Gasteiger partial charge in [0.25, 0.3) is 0 Å². The van der Waals surface area contributed by atoms with E-state index in [1.165, 1.54) is 6.92 Å². The highest BCUT2D eigenvalue weighted by Crippen LogP contribution is 2.61. The van der Waals surface area contributed by atoms with Gasteiger partial charge in [-0.05, 0) is 50.4 Å². The number of carbonyl (C=O) groups excluding carboxylic acids is 2. The summed E-state index contributed by atoms with van der Waals surface area (Å²) in [5.74, 6) is -0.0243. The molecule has 4 aliphatic carbocycles. The van der Waals surface area contributed by atoms with Gasteiger partial charge in [-0.3, -0.25) is 4.79 Å². The third-order valence-corrected chi connectivity index (χ3v) is 4.94. The van der Waals surface area contributed by atoms with E-state index in [-0.39, 0.29) is 11.4 Å². The van der Waals surface area contributed by atoms with E-state index in [9.17, 15) is 14.7 Å². The van der Waals surface area contributed by atoms with E-state index in [2.05, 4.69) is 5.32 Å². The number of hydrogen-bond donors (Lipinski definition) is 1. The lowest BCUT2D eigenvalue weighted by molar-refractivity contribution is -0.327. The van der Waals surface area contributed by atoms with Crippen LogP contribution in [-0.2, 0) is 9.59 Å². The van der Waals surface area contributed by atoms with Gasteiger partial charge in [0.15, 0.2) is 0 Å². The Morgan fingerprint density at radius 3 is 2.24 bits per heavy atom. The minimum atomic E-state index is -0.902. The highest BCUT2D eigenvalue weighted by molar-refractivity contribution is 5.76. The van der Waals surface area contributed by atoms with Crippen LogP contribution in [0.3, 0.4) is 0 Å². The lowest BCUT2D eigenvalue weighted by Gasteiger charge is -2.62. The molecule has 4 nitrogen and oxygen atoms in total. The van der Waals surface area contributed by atoms with Gasteiger partial charge in [0.1, 0.15) is 0 Å². The summed E-state index contributed by atoms with van der Waals surface area (Å²) >= 11 is 0. The van der Waals surface area contributed by atoms with Gasteiger partial charge >= 0.3 is 0 Å². The molecule has 4 fully saturated rings. The summed E-state index contributed by atoms with van der Waals surface area (Å²) in [5.41, 5.74) is -0.914. The molecule has 94 valence electrons. The van der Waals surface area contributed by atoms with Crippen LogP contribution in [0.2, 0.25) is 0 Å². The average Bonchev–Trinajstić information content (AvgIpc) is 2.12. The van der Waals surface area contributed by atoms with E-state index < -0.39 is 11.4 Å². The molecule has 0 saturated heterocycles. The molecule has 0 radical (unpaired) electrons. The van der Waals surface area contributed by atoms with Crippen LogP contribution in [-0.4, -0.2) is 17.4 Å². The van der Waals surface area contributed by atoms with Crippen LogP contribution in [0.4, 0.5) is 0 Å². The van der Waals surface area contributed by atoms with Gasteiger partial charge < -0.3 is 15.2 Å². The van der Waals surface area contributed by atoms with Gasteiger partial charge in [-0.25, -0.2) is 0 Å². The van der Waals surface area contributed by atoms with E-state index in [1.54, 1.807) is 0 Å². The first kappa shape index (κ1) is 11.1. The maximum Gasteiger partial charge on any atom is 0.217 e. The molecule has 1 N–H and O–H groups in total. The molecule has 1 amide bonds. The maximum atomic E-state index is 11.5. The molecule has 4 saturated carbocycles. The molecule has 0 heterocycles. The van der Waals surface area contributed by atoms with Gasteiger partial charge in [-0.1, -0.05) is 0 Å². The van der Waals surface area contributed by atoms with Crippen molar-refractivity contribution in [2.24, 2.45) is 17.3 Å². The summed E-state index contributed by atoms with van der Waals surface area (Å²) in [6.45, 7) is 1.52. The van der Waals surface area contributed by atoms with Crippen LogP contribution in [0.1, 0.15) is 45.4 Å². The highest BCUT2D eigenvalue weighted by atomic mass is 16.4. The second-order valence-electron chi connectivity index (χ2n) is 6.49. The molecule has 2 unspecified atom stereocenters. The van der Waals surface area contributed by atoms with Gasteiger partial charge in [0, 0.05) is 23.8 Å². The first-order valence-corrected chi connectivity index (χ1v) is 6.43. The van der Waals surface area contributed by atoms with Gasteiger partial charge in [0.2, 0.25) is 5.91 Å². The van der Waals surface area contributed by atoms with Crippen molar-refractivity contribution in [3.63, 3.8) is 0 Å². The van der Waals surface area contributed by atoms with Crippen LogP contribution < -0.4 is 10.4 Å². The number of aliphatic carboxylic acids is 1. The number of nitrogens with one attached hydrogen (secondary N) is 1. The number of carbonyl (C=O) groups is 2. The molecular weight excluding hydrogens is 218 g/mol. The van der Waals surface area contributed by atoms with Crippen LogP contribution >= 0.6 is 0 Å². The lowest BCUT2D eigenvalue weighted by Crippen LogP contribution is -2.66. The zero-order valence-corrected chi connectivity index (χ0v) is 10.1. The molecule has 4 bridgehead atoms. The Kier molecular flexibility index (Phi) is 2.11. The van der Waals surface area contributed by atoms with Crippen molar-refractivity contribution in [2.75, 3.05) is 0 Å². The van der Waals surface area contributed by atoms with Gasteiger partial charge in [-0.15, -0.1) is 0 Å². The van der Waals surface area contributed by atoms with E-state index in [1.807, 2.05) is 0 Å². The molecule has 17 heavy (non-hydrogen) atoms. The Morgan fingerprint density at radius 1 is 1.18 bits per heavy atom. The Morgan fingerprint density at radius 2 is 1.76 bits per heavy atom. The summed E-state index contributed by atoms with van der Waals surface area (Å²) in [6, 6.07) is 0. The molecule has 4 atom stereocenters. The first-order chi connectivity index (χ1) is 7.93. The number of carboxylic acid groups (broad SMARTS) is 1. The minimum Gasteiger partial charge on any atom is -0.550 e. The van der Waals surface area contributed by atoms with Crippen LogP contribution in [0.25, 0.3) is 0 Å². The Balaban J connectivity index is 1.94. The summed E-state index contributed by atoms with van der Waals surface area (Å²) < 4.78 is 0. The number of carboxylic acids is 1. The Hall–Kier alpha value is -1.06. The predicted molar refractivity (Wildman–Crippen MR) is 58.7 cm³/mol. The predicted octanol–water partition coefficient (Wildman–Crippen LogP) is 0.211. The van der Waals surface area contributed by atoms with Gasteiger partial charge in [-0.2, -0.15) is 0 Å². The normalized spacial score (nSPS) is 46.9. The van der Waals surface area contributed by atoms with Crippen LogP contribution in [0.15, 0.2) is 0 Å². The first-order valence-electron chi connectivity index (χ1n) is 6.43. The van der Waals surface area contributed by atoms with E-state index in [0.29, 0.717) is 18.3 Å². The second kappa shape index (κ2) is 3.24. The Labute approximate surface area is 101 Å². The van der Waals surface area contributed by atoms with Crippen molar-refractivity contribution in [2.45, 2.75) is 51.0 Å². The fourth-order valence-corrected chi connectivity index (χ4v) is 5.02. The quantitative estimate of drug-likeness (QED) is 0.745. The SMILES string of the molecule is CC(=O)NC12C[C@H]3C[C@@H](C1)CC(C(=O)[O-])(C3)C2. The number of hydrogen-bond acceptors (Lipinski definition) is 3.